The zero-order valence-corrected chi connectivity index (χ0v) is 17.1. The molecule has 1 aliphatic heterocycles. The summed E-state index contributed by atoms with van der Waals surface area (Å²) in [5.74, 6) is 0.800. The summed E-state index contributed by atoms with van der Waals surface area (Å²) in [7, 11) is 0. The molecular formula is C20H28N6O3. The molecule has 0 aromatic carbocycles. The van der Waals surface area contributed by atoms with Gasteiger partial charge in [-0.25, -0.2) is 4.79 Å². The van der Waals surface area contributed by atoms with Gasteiger partial charge < -0.3 is 20.3 Å². The van der Waals surface area contributed by atoms with Crippen LogP contribution in [0.4, 0.5) is 4.79 Å². The van der Waals surface area contributed by atoms with Crippen LogP contribution < -0.4 is 15.4 Å². The number of rotatable bonds is 7. The number of nitrogens with zero attached hydrogens (tertiary/aromatic N) is 4. The third-order valence-electron chi connectivity index (χ3n) is 4.61. The fraction of sp³-hybridized carbons (Fsp3) is 0.500. The van der Waals surface area contributed by atoms with Crippen molar-refractivity contribution in [2.75, 3.05) is 13.1 Å². The van der Waals surface area contributed by atoms with E-state index < -0.39 is 0 Å². The highest BCUT2D eigenvalue weighted by Gasteiger charge is 2.23. The Hall–Kier alpha value is -3.10. The number of hydrogen-bond donors (Lipinski definition) is 2. The average Bonchev–Trinajstić information content (AvgIpc) is 3.13. The van der Waals surface area contributed by atoms with E-state index >= 15 is 0 Å². The Morgan fingerprint density at radius 2 is 2.07 bits per heavy atom. The van der Waals surface area contributed by atoms with Gasteiger partial charge in [-0.15, -0.1) is 0 Å². The number of pyridine rings is 1. The van der Waals surface area contributed by atoms with Crippen LogP contribution in [0.5, 0.6) is 5.75 Å². The monoisotopic (exact) mass is 400 g/mol. The van der Waals surface area contributed by atoms with E-state index in [9.17, 15) is 9.59 Å². The van der Waals surface area contributed by atoms with Crippen molar-refractivity contribution in [2.45, 2.75) is 46.5 Å². The number of carbonyl (C=O) groups is 2. The first-order valence-corrected chi connectivity index (χ1v) is 9.85. The van der Waals surface area contributed by atoms with Gasteiger partial charge >= 0.3 is 6.03 Å². The molecule has 0 bridgehead atoms. The number of nitrogens with one attached hydrogen (secondary N) is 2. The van der Waals surface area contributed by atoms with Crippen LogP contribution in [0, 0.1) is 5.92 Å². The Balaban J connectivity index is 1.42. The van der Waals surface area contributed by atoms with Gasteiger partial charge in [0, 0.05) is 18.7 Å². The lowest BCUT2D eigenvalue weighted by molar-refractivity contribution is -0.136. The first kappa shape index (κ1) is 20.6. The highest BCUT2D eigenvalue weighted by atomic mass is 16.5. The number of carbonyl (C=O) groups excluding carboxylic acids is 2. The Morgan fingerprint density at radius 1 is 1.24 bits per heavy atom. The van der Waals surface area contributed by atoms with E-state index in [2.05, 4.69) is 20.7 Å². The van der Waals surface area contributed by atoms with Crippen LogP contribution in [0.3, 0.4) is 0 Å². The van der Waals surface area contributed by atoms with Gasteiger partial charge in [0.15, 0.2) is 0 Å². The Kier molecular flexibility index (Phi) is 6.69. The molecule has 9 nitrogen and oxygen atoms in total. The van der Waals surface area contributed by atoms with Crippen LogP contribution >= 0.6 is 0 Å². The summed E-state index contributed by atoms with van der Waals surface area (Å²) in [6.07, 6.45) is 3.12. The third kappa shape index (κ3) is 5.69. The molecule has 2 aromatic heterocycles. The second-order valence-corrected chi connectivity index (χ2v) is 7.45. The summed E-state index contributed by atoms with van der Waals surface area (Å²) in [4.78, 5) is 30.1. The van der Waals surface area contributed by atoms with E-state index in [4.69, 9.17) is 4.74 Å². The van der Waals surface area contributed by atoms with Crippen molar-refractivity contribution in [3.8, 4) is 5.75 Å². The van der Waals surface area contributed by atoms with Gasteiger partial charge in [-0.2, -0.15) is 5.10 Å². The Morgan fingerprint density at radius 3 is 2.79 bits per heavy atom. The van der Waals surface area contributed by atoms with Gasteiger partial charge in [-0.05, 0) is 25.1 Å². The summed E-state index contributed by atoms with van der Waals surface area (Å²) >= 11 is 0. The smallest absolute Gasteiger partial charge is 0.315 e. The Labute approximate surface area is 170 Å². The molecule has 3 heterocycles. The van der Waals surface area contributed by atoms with E-state index in [0.717, 1.165) is 11.4 Å². The van der Waals surface area contributed by atoms with Crippen LogP contribution in [0.15, 0.2) is 30.6 Å². The predicted octanol–water partition coefficient (Wildman–Crippen LogP) is 1.54. The zero-order chi connectivity index (χ0) is 20.8. The number of aromatic nitrogens is 3. The van der Waals surface area contributed by atoms with Crippen LogP contribution in [0.1, 0.15) is 32.2 Å². The summed E-state index contributed by atoms with van der Waals surface area (Å²) in [6.45, 7) is 8.27. The summed E-state index contributed by atoms with van der Waals surface area (Å²) in [6, 6.07) is 5.27. The van der Waals surface area contributed by atoms with Gasteiger partial charge in [0.1, 0.15) is 11.9 Å². The van der Waals surface area contributed by atoms with Crippen molar-refractivity contribution in [2.24, 2.45) is 5.92 Å². The lowest BCUT2D eigenvalue weighted by Crippen LogP contribution is -2.40. The average molecular weight is 400 g/mol. The lowest BCUT2D eigenvalue weighted by Gasteiger charge is -2.29. The number of hydrogen-bond acceptors (Lipinski definition) is 5. The van der Waals surface area contributed by atoms with Crippen LogP contribution in [0.2, 0.25) is 0 Å². The second-order valence-electron chi connectivity index (χ2n) is 7.45. The van der Waals surface area contributed by atoms with Crippen molar-refractivity contribution in [1.29, 1.82) is 0 Å². The van der Waals surface area contributed by atoms with Gasteiger partial charge in [0.2, 0.25) is 5.91 Å². The second kappa shape index (κ2) is 9.40. The molecule has 0 aliphatic carbocycles. The van der Waals surface area contributed by atoms with Gasteiger partial charge in [0.05, 0.1) is 43.8 Å². The maximum atomic E-state index is 12.2. The molecule has 0 spiro atoms. The van der Waals surface area contributed by atoms with Crippen molar-refractivity contribution >= 4 is 11.9 Å². The van der Waals surface area contributed by atoms with Gasteiger partial charge in [-0.3, -0.25) is 14.5 Å². The van der Waals surface area contributed by atoms with E-state index in [-0.39, 0.29) is 24.0 Å². The Bertz CT molecular complexity index is 836. The SMILES string of the molecule is CC(C)C(=O)N1CCn2nc(CNC(=O)NC[C@H](C)Oc3cccnc3)cc2C1. The van der Waals surface area contributed by atoms with E-state index in [1.54, 1.807) is 18.5 Å². The molecule has 3 rings (SSSR count). The molecule has 1 atom stereocenters. The maximum Gasteiger partial charge on any atom is 0.315 e. The predicted molar refractivity (Wildman–Crippen MR) is 107 cm³/mol. The molecule has 156 valence electrons. The zero-order valence-electron chi connectivity index (χ0n) is 17.1. The van der Waals surface area contributed by atoms with E-state index in [0.29, 0.717) is 38.5 Å². The van der Waals surface area contributed by atoms with E-state index in [1.165, 1.54) is 0 Å². The summed E-state index contributed by atoms with van der Waals surface area (Å²) in [5.41, 5.74) is 1.76. The summed E-state index contributed by atoms with van der Waals surface area (Å²) in [5, 5.41) is 10.1. The largest absolute Gasteiger partial charge is 0.487 e. The number of ether oxygens (including phenoxy) is 1. The highest BCUT2D eigenvalue weighted by Crippen LogP contribution is 2.16. The quantitative estimate of drug-likeness (QED) is 0.734. The maximum absolute atomic E-state index is 12.2. The van der Waals surface area contributed by atoms with Gasteiger partial charge in [0.25, 0.3) is 0 Å². The van der Waals surface area contributed by atoms with Crippen molar-refractivity contribution in [3.05, 3.63) is 42.0 Å². The molecule has 0 saturated carbocycles. The summed E-state index contributed by atoms with van der Waals surface area (Å²) < 4.78 is 7.58. The fourth-order valence-electron chi connectivity index (χ4n) is 3.13. The first-order chi connectivity index (χ1) is 13.9. The van der Waals surface area contributed by atoms with Crippen molar-refractivity contribution < 1.29 is 14.3 Å². The normalized spacial score (nSPS) is 14.3. The number of fused-ring (bicyclic) bond motifs is 1. The van der Waals surface area contributed by atoms with Crippen LogP contribution in [0.25, 0.3) is 0 Å². The molecule has 2 aromatic rings. The van der Waals surface area contributed by atoms with E-state index in [1.807, 2.05) is 42.5 Å². The third-order valence-corrected chi connectivity index (χ3v) is 4.61. The molecule has 0 saturated heterocycles. The molecule has 1 aliphatic rings. The van der Waals surface area contributed by atoms with Crippen LogP contribution in [-0.2, 0) is 24.4 Å². The lowest BCUT2D eigenvalue weighted by atomic mass is 10.1. The van der Waals surface area contributed by atoms with Gasteiger partial charge in [-0.1, -0.05) is 13.8 Å². The standard InChI is InChI=1S/C20H28N6O3/c1-14(2)19(27)25-7-8-26-17(13-25)9-16(24-26)11-23-20(28)22-10-15(3)29-18-5-4-6-21-12-18/h4-6,9,12,14-15H,7-8,10-11,13H2,1-3H3,(H2,22,23,28)/t15-/m0/s1. The molecule has 29 heavy (non-hydrogen) atoms. The first-order valence-electron chi connectivity index (χ1n) is 9.85. The van der Waals surface area contributed by atoms with Crippen LogP contribution in [-0.4, -0.2) is 50.8 Å². The molecule has 9 heteroatoms. The minimum Gasteiger partial charge on any atom is -0.487 e. The molecule has 3 amide bonds. The molecule has 0 radical (unpaired) electrons. The molecular weight excluding hydrogens is 372 g/mol. The highest BCUT2D eigenvalue weighted by molar-refractivity contribution is 5.78. The molecule has 0 unspecified atom stereocenters. The number of urea groups is 1. The fourth-order valence-corrected chi connectivity index (χ4v) is 3.13. The number of amides is 3. The molecule has 2 N–H and O–H groups in total. The minimum absolute atomic E-state index is 0.0150. The minimum atomic E-state index is -0.283. The van der Waals surface area contributed by atoms with Crippen molar-refractivity contribution in [1.82, 2.24) is 30.3 Å². The topological polar surface area (TPSA) is 101 Å². The molecule has 0 fully saturated rings. The van der Waals surface area contributed by atoms with Crippen molar-refractivity contribution in [3.63, 3.8) is 0 Å².